The number of benzene rings is 2. The summed E-state index contributed by atoms with van der Waals surface area (Å²) in [6.07, 6.45) is 1.77. The van der Waals surface area contributed by atoms with E-state index < -0.39 is 5.97 Å². The van der Waals surface area contributed by atoms with Gasteiger partial charge in [-0.15, -0.1) is 0 Å². The molecule has 8 heteroatoms. The molecule has 1 saturated heterocycles. The lowest BCUT2D eigenvalue weighted by Crippen LogP contribution is -2.23. The Kier molecular flexibility index (Phi) is 7.36. The van der Waals surface area contributed by atoms with Gasteiger partial charge in [-0.1, -0.05) is 18.2 Å². The summed E-state index contributed by atoms with van der Waals surface area (Å²) in [5.41, 5.74) is 1.72. The molecule has 1 fully saturated rings. The topological polar surface area (TPSA) is 77.4 Å². The molecule has 1 heterocycles. The van der Waals surface area contributed by atoms with Crippen molar-refractivity contribution in [1.29, 1.82) is 0 Å². The van der Waals surface area contributed by atoms with Crippen molar-refractivity contribution >= 4 is 40.6 Å². The molecule has 0 aliphatic carbocycles. The van der Waals surface area contributed by atoms with E-state index >= 15 is 0 Å². The Morgan fingerprint density at radius 2 is 1.94 bits per heavy atom. The van der Waals surface area contributed by atoms with Crippen molar-refractivity contribution in [2.45, 2.75) is 13.8 Å². The Labute approximate surface area is 185 Å². The highest BCUT2D eigenvalue weighted by Crippen LogP contribution is 2.37. The molecule has 3 rings (SSSR count). The maximum absolute atomic E-state index is 12.8. The van der Waals surface area contributed by atoms with Gasteiger partial charge in [0, 0.05) is 12.6 Å². The molecule has 0 radical (unpaired) electrons. The van der Waals surface area contributed by atoms with Crippen LogP contribution in [0.25, 0.3) is 6.08 Å². The zero-order chi connectivity index (χ0) is 22.4. The Balaban J connectivity index is 1.91. The van der Waals surface area contributed by atoms with Crippen LogP contribution in [-0.4, -0.2) is 49.3 Å². The molecule has 0 N–H and O–H groups in total. The number of aliphatic imine (C=N–C) groups is 1. The number of hydrogen-bond donors (Lipinski definition) is 0. The number of carbonyl (C=O) groups is 2. The van der Waals surface area contributed by atoms with Crippen LogP contribution in [0.5, 0.6) is 11.5 Å². The number of rotatable bonds is 7. The third-order valence-corrected chi connectivity index (χ3v) is 5.45. The van der Waals surface area contributed by atoms with Crippen molar-refractivity contribution in [3.63, 3.8) is 0 Å². The second-order valence-electron chi connectivity index (χ2n) is 6.45. The fourth-order valence-electron chi connectivity index (χ4n) is 2.93. The fraction of sp³-hybridized carbons (Fsp3) is 0.261. The second-order valence-corrected chi connectivity index (χ2v) is 7.46. The first-order chi connectivity index (χ1) is 15.0. The zero-order valence-electron chi connectivity index (χ0n) is 17.9. The number of amides is 1. The molecule has 1 aliphatic heterocycles. The minimum atomic E-state index is -0.407. The monoisotopic (exact) mass is 440 g/mol. The van der Waals surface area contributed by atoms with E-state index in [-0.39, 0.29) is 5.91 Å². The van der Waals surface area contributed by atoms with Crippen molar-refractivity contribution in [3.05, 3.63) is 58.5 Å². The van der Waals surface area contributed by atoms with Crippen LogP contribution >= 0.6 is 11.8 Å². The molecule has 2 aromatic rings. The van der Waals surface area contributed by atoms with Crippen LogP contribution in [-0.2, 0) is 9.53 Å². The number of ether oxygens (including phenoxy) is 3. The van der Waals surface area contributed by atoms with E-state index in [0.717, 1.165) is 5.56 Å². The number of nitrogens with zero attached hydrogens (tertiary/aromatic N) is 2. The first-order valence-electron chi connectivity index (χ1n) is 9.81. The van der Waals surface area contributed by atoms with Crippen molar-refractivity contribution in [2.24, 2.45) is 4.99 Å². The quantitative estimate of drug-likeness (QED) is 0.466. The lowest BCUT2D eigenvalue weighted by atomic mass is 10.1. The number of hydrogen-bond acceptors (Lipinski definition) is 7. The lowest BCUT2D eigenvalue weighted by molar-refractivity contribution is -0.121. The molecule has 2 aromatic carbocycles. The fourth-order valence-corrected chi connectivity index (χ4v) is 3.90. The molecular formula is C23H24N2O5S. The summed E-state index contributed by atoms with van der Waals surface area (Å²) in [5, 5.41) is 0.512. The average Bonchev–Trinajstić information content (AvgIpc) is 3.03. The summed E-state index contributed by atoms with van der Waals surface area (Å²) < 4.78 is 16.1. The van der Waals surface area contributed by atoms with Gasteiger partial charge in [-0.05, 0) is 56.0 Å². The van der Waals surface area contributed by atoms with Crippen LogP contribution in [0.15, 0.2) is 52.4 Å². The third kappa shape index (κ3) is 5.08. The summed E-state index contributed by atoms with van der Waals surface area (Å²) >= 11 is 1.26. The van der Waals surface area contributed by atoms with Crippen molar-refractivity contribution < 1.29 is 23.8 Å². The Morgan fingerprint density at radius 3 is 2.65 bits per heavy atom. The molecule has 0 unspecified atom stereocenters. The third-order valence-electron chi connectivity index (χ3n) is 4.39. The molecule has 0 spiro atoms. The summed E-state index contributed by atoms with van der Waals surface area (Å²) in [4.78, 5) is 31.3. The van der Waals surface area contributed by atoms with Gasteiger partial charge in [0.25, 0.3) is 5.91 Å². The summed E-state index contributed by atoms with van der Waals surface area (Å²) in [6, 6.07) is 12.3. The molecule has 0 bridgehead atoms. The number of para-hydroxylation sites is 1. The number of thioether (sulfide) groups is 1. The SMILES string of the molecule is CCOC(=O)c1cccc(N=C2SC(=Cc3cccc(OC)c3OCC)C(=O)N2C)c1. The standard InChI is InChI=1S/C23H24N2O5S/c1-5-29-20-15(9-8-12-18(20)28-4)14-19-21(26)25(3)23(31-19)24-17-11-7-10-16(13-17)22(27)30-6-2/h7-14H,5-6H2,1-4H3. The number of carbonyl (C=O) groups excluding carboxylic acids is 2. The van der Waals surface area contributed by atoms with Crippen LogP contribution in [0, 0.1) is 0 Å². The largest absolute Gasteiger partial charge is 0.493 e. The number of esters is 1. The number of likely N-dealkylation sites (N-methyl/N-ethyl adjacent to an activating group) is 1. The van der Waals surface area contributed by atoms with Crippen LogP contribution < -0.4 is 9.47 Å². The van der Waals surface area contributed by atoms with Gasteiger partial charge < -0.3 is 14.2 Å². The minimum absolute atomic E-state index is 0.171. The molecule has 0 aromatic heterocycles. The second kappa shape index (κ2) is 10.2. The predicted molar refractivity (Wildman–Crippen MR) is 122 cm³/mol. The summed E-state index contributed by atoms with van der Waals surface area (Å²) in [6.45, 7) is 4.42. The Bertz CT molecular complexity index is 1050. The molecular weight excluding hydrogens is 416 g/mol. The first kappa shape index (κ1) is 22.4. The highest BCUT2D eigenvalue weighted by molar-refractivity contribution is 8.18. The molecule has 0 atom stereocenters. The van der Waals surface area contributed by atoms with Crippen molar-refractivity contribution in [2.75, 3.05) is 27.4 Å². The highest BCUT2D eigenvalue weighted by atomic mass is 32.2. The smallest absolute Gasteiger partial charge is 0.338 e. The van der Waals surface area contributed by atoms with Gasteiger partial charge in [-0.3, -0.25) is 9.69 Å². The van der Waals surface area contributed by atoms with Crippen LogP contribution in [0.4, 0.5) is 5.69 Å². The van der Waals surface area contributed by atoms with Crippen molar-refractivity contribution in [3.8, 4) is 11.5 Å². The normalized spacial score (nSPS) is 16.1. The molecule has 1 aliphatic rings. The van der Waals surface area contributed by atoms with Crippen molar-refractivity contribution in [1.82, 2.24) is 4.90 Å². The van der Waals surface area contributed by atoms with E-state index in [4.69, 9.17) is 14.2 Å². The summed E-state index contributed by atoms with van der Waals surface area (Å²) in [7, 11) is 3.24. The van der Waals surface area contributed by atoms with E-state index in [9.17, 15) is 9.59 Å². The van der Waals surface area contributed by atoms with E-state index in [1.165, 1.54) is 16.7 Å². The zero-order valence-corrected chi connectivity index (χ0v) is 18.7. The van der Waals surface area contributed by atoms with Gasteiger partial charge in [0.1, 0.15) is 0 Å². The van der Waals surface area contributed by atoms with E-state index in [1.807, 2.05) is 25.1 Å². The molecule has 7 nitrogen and oxygen atoms in total. The average molecular weight is 441 g/mol. The van der Waals surface area contributed by atoms with Gasteiger partial charge in [0.2, 0.25) is 0 Å². The molecule has 31 heavy (non-hydrogen) atoms. The molecule has 0 saturated carbocycles. The van der Waals surface area contributed by atoms with Gasteiger partial charge in [0.15, 0.2) is 16.7 Å². The number of amidine groups is 1. The lowest BCUT2D eigenvalue weighted by Gasteiger charge is -2.12. The van der Waals surface area contributed by atoms with Gasteiger partial charge >= 0.3 is 5.97 Å². The summed E-state index contributed by atoms with van der Waals surface area (Å²) in [5.74, 6) is 0.610. The maximum Gasteiger partial charge on any atom is 0.338 e. The van der Waals surface area contributed by atoms with Crippen LogP contribution in [0.1, 0.15) is 29.8 Å². The van der Waals surface area contributed by atoms with Gasteiger partial charge in [0.05, 0.1) is 36.5 Å². The molecule has 162 valence electrons. The highest BCUT2D eigenvalue weighted by Gasteiger charge is 2.31. The Morgan fingerprint density at radius 1 is 1.16 bits per heavy atom. The van der Waals surface area contributed by atoms with E-state index in [2.05, 4.69) is 4.99 Å². The Hall–Kier alpha value is -3.26. The van der Waals surface area contributed by atoms with E-state index in [0.29, 0.717) is 46.0 Å². The first-order valence-corrected chi connectivity index (χ1v) is 10.6. The number of methoxy groups -OCH3 is 1. The van der Waals surface area contributed by atoms with Gasteiger partial charge in [-0.25, -0.2) is 9.79 Å². The maximum atomic E-state index is 12.8. The molecule has 1 amide bonds. The van der Waals surface area contributed by atoms with Gasteiger partial charge in [-0.2, -0.15) is 0 Å². The van der Waals surface area contributed by atoms with E-state index in [1.54, 1.807) is 51.4 Å². The van der Waals surface area contributed by atoms with Crippen LogP contribution in [0.2, 0.25) is 0 Å². The predicted octanol–water partition coefficient (Wildman–Crippen LogP) is 4.50. The van der Waals surface area contributed by atoms with Crippen LogP contribution in [0.3, 0.4) is 0 Å². The minimum Gasteiger partial charge on any atom is -0.493 e.